The zero-order valence-corrected chi connectivity index (χ0v) is 17.1. The van der Waals surface area contributed by atoms with Gasteiger partial charge in [-0.15, -0.1) is 5.48 Å². The second-order valence-corrected chi connectivity index (χ2v) is 8.49. The maximum absolute atomic E-state index is 13.5. The van der Waals surface area contributed by atoms with Crippen molar-refractivity contribution in [3.63, 3.8) is 0 Å². The standard InChI is InChI=1S/C20H16Cl2F4N2O3/c21-19(22)15(11-6-7-13(23)12(9-11)20(24,25)26)16(19)18(30)31-28-14(17(27)29)8-10-4-2-1-3-5-10/h1-7,9,14-16,28H,8H2,(H2,27,29)/t14-,15+,16-/m1/s1. The predicted octanol–water partition coefficient (Wildman–Crippen LogP) is 3.88. The van der Waals surface area contributed by atoms with Gasteiger partial charge in [0.15, 0.2) is 0 Å². The van der Waals surface area contributed by atoms with Gasteiger partial charge in [0, 0.05) is 5.92 Å². The number of hydrogen-bond donors (Lipinski definition) is 2. The fraction of sp³-hybridized carbons (Fsp3) is 0.300. The zero-order chi connectivity index (χ0) is 23.0. The van der Waals surface area contributed by atoms with Crippen molar-refractivity contribution in [1.82, 2.24) is 5.48 Å². The zero-order valence-electron chi connectivity index (χ0n) is 15.6. The van der Waals surface area contributed by atoms with E-state index in [0.717, 1.165) is 11.6 Å². The first-order valence-electron chi connectivity index (χ1n) is 8.96. The van der Waals surface area contributed by atoms with E-state index >= 15 is 0 Å². The summed E-state index contributed by atoms with van der Waals surface area (Å²) in [5, 5.41) is 0. The van der Waals surface area contributed by atoms with Gasteiger partial charge in [-0.1, -0.05) is 59.6 Å². The Morgan fingerprint density at radius 1 is 1.16 bits per heavy atom. The summed E-state index contributed by atoms with van der Waals surface area (Å²) in [5.41, 5.74) is 6.76. The van der Waals surface area contributed by atoms with Crippen molar-refractivity contribution in [3.05, 3.63) is 71.0 Å². The van der Waals surface area contributed by atoms with Crippen LogP contribution in [0.25, 0.3) is 0 Å². The number of rotatable bonds is 7. The Hall–Kier alpha value is -2.36. The first-order chi connectivity index (χ1) is 14.4. The van der Waals surface area contributed by atoms with Crippen molar-refractivity contribution in [2.75, 3.05) is 0 Å². The van der Waals surface area contributed by atoms with Crippen LogP contribution in [0.1, 0.15) is 22.6 Å². The van der Waals surface area contributed by atoms with Gasteiger partial charge in [-0.05, 0) is 29.7 Å². The van der Waals surface area contributed by atoms with Crippen LogP contribution in [0.4, 0.5) is 17.6 Å². The summed E-state index contributed by atoms with van der Waals surface area (Å²) < 4.78 is 50.7. The summed E-state index contributed by atoms with van der Waals surface area (Å²) in [7, 11) is 0. The van der Waals surface area contributed by atoms with E-state index in [1.165, 1.54) is 0 Å². The summed E-state index contributed by atoms with van der Waals surface area (Å²) in [6.07, 6.45) is -4.81. The molecule has 1 aliphatic rings. The van der Waals surface area contributed by atoms with Gasteiger partial charge < -0.3 is 10.6 Å². The number of carbonyl (C=O) groups is 2. The molecule has 0 radical (unpaired) electrons. The molecule has 0 saturated heterocycles. The van der Waals surface area contributed by atoms with Crippen LogP contribution in [0.15, 0.2) is 48.5 Å². The molecule has 5 nitrogen and oxygen atoms in total. The molecule has 0 spiro atoms. The molecule has 166 valence electrons. The van der Waals surface area contributed by atoms with E-state index in [4.69, 9.17) is 33.8 Å². The van der Waals surface area contributed by atoms with Crippen molar-refractivity contribution in [2.45, 2.75) is 28.9 Å². The molecule has 3 N–H and O–H groups in total. The van der Waals surface area contributed by atoms with E-state index in [2.05, 4.69) is 5.48 Å². The molecule has 2 aromatic rings. The van der Waals surface area contributed by atoms with E-state index in [1.54, 1.807) is 30.3 Å². The fourth-order valence-electron chi connectivity index (χ4n) is 3.23. The molecular weight excluding hydrogens is 463 g/mol. The van der Waals surface area contributed by atoms with Crippen LogP contribution in [-0.2, 0) is 27.0 Å². The third-order valence-corrected chi connectivity index (χ3v) is 5.83. The normalized spacial score (nSPS) is 20.7. The van der Waals surface area contributed by atoms with E-state index in [-0.39, 0.29) is 12.0 Å². The molecule has 1 saturated carbocycles. The summed E-state index contributed by atoms with van der Waals surface area (Å²) in [6.45, 7) is 0. The lowest BCUT2D eigenvalue weighted by Crippen LogP contribution is -2.44. The summed E-state index contributed by atoms with van der Waals surface area (Å²) >= 11 is 12.2. The third-order valence-electron chi connectivity index (χ3n) is 4.89. The van der Waals surface area contributed by atoms with Gasteiger partial charge in [-0.3, -0.25) is 4.79 Å². The van der Waals surface area contributed by atoms with Crippen molar-refractivity contribution in [2.24, 2.45) is 11.7 Å². The predicted molar refractivity (Wildman–Crippen MR) is 104 cm³/mol. The lowest BCUT2D eigenvalue weighted by atomic mass is 10.0. The Labute approximate surface area is 184 Å². The summed E-state index contributed by atoms with van der Waals surface area (Å²) in [4.78, 5) is 29.0. The fourth-order valence-corrected chi connectivity index (χ4v) is 4.04. The van der Waals surface area contributed by atoms with Gasteiger partial charge in [0.25, 0.3) is 0 Å². The number of halogens is 6. The number of benzene rings is 2. The first kappa shape index (κ1) is 23.3. The van der Waals surface area contributed by atoms with Crippen LogP contribution >= 0.6 is 23.2 Å². The largest absolute Gasteiger partial charge is 0.419 e. The van der Waals surface area contributed by atoms with Gasteiger partial charge in [0.1, 0.15) is 22.1 Å². The number of hydrogen-bond acceptors (Lipinski definition) is 4. The molecule has 1 aliphatic carbocycles. The second kappa shape index (κ2) is 8.64. The summed E-state index contributed by atoms with van der Waals surface area (Å²) in [5.74, 6) is -5.54. The Morgan fingerprint density at radius 3 is 2.39 bits per heavy atom. The number of carbonyl (C=O) groups excluding carboxylic acids is 2. The number of nitrogens with one attached hydrogen (secondary N) is 1. The van der Waals surface area contributed by atoms with E-state index in [1.807, 2.05) is 0 Å². The van der Waals surface area contributed by atoms with E-state index in [9.17, 15) is 27.2 Å². The van der Waals surface area contributed by atoms with Crippen LogP contribution in [-0.4, -0.2) is 22.3 Å². The summed E-state index contributed by atoms with van der Waals surface area (Å²) in [6, 6.07) is 9.96. The van der Waals surface area contributed by atoms with Crippen molar-refractivity contribution >= 4 is 35.1 Å². The van der Waals surface area contributed by atoms with Crippen molar-refractivity contribution in [3.8, 4) is 0 Å². The molecule has 11 heteroatoms. The molecule has 1 amide bonds. The van der Waals surface area contributed by atoms with Gasteiger partial charge in [0.2, 0.25) is 5.91 Å². The van der Waals surface area contributed by atoms with Crippen molar-refractivity contribution in [1.29, 1.82) is 0 Å². The topological polar surface area (TPSA) is 81.4 Å². The Balaban J connectivity index is 1.70. The monoisotopic (exact) mass is 478 g/mol. The molecule has 3 atom stereocenters. The van der Waals surface area contributed by atoms with Gasteiger partial charge in [-0.25, -0.2) is 9.18 Å². The highest BCUT2D eigenvalue weighted by Gasteiger charge is 2.69. The number of hydroxylamine groups is 1. The van der Waals surface area contributed by atoms with E-state index < -0.39 is 51.6 Å². The van der Waals surface area contributed by atoms with Gasteiger partial charge in [-0.2, -0.15) is 13.2 Å². The maximum atomic E-state index is 13.5. The lowest BCUT2D eigenvalue weighted by Gasteiger charge is -2.15. The lowest BCUT2D eigenvalue weighted by molar-refractivity contribution is -0.156. The molecule has 0 bridgehead atoms. The van der Waals surface area contributed by atoms with E-state index in [0.29, 0.717) is 12.1 Å². The number of alkyl halides is 5. The molecule has 31 heavy (non-hydrogen) atoms. The van der Waals surface area contributed by atoms with Gasteiger partial charge in [0.05, 0.1) is 5.56 Å². The van der Waals surface area contributed by atoms with Crippen LogP contribution in [0.5, 0.6) is 0 Å². The molecule has 0 aliphatic heterocycles. The molecule has 0 heterocycles. The molecule has 3 rings (SSSR count). The third kappa shape index (κ3) is 5.11. The highest BCUT2D eigenvalue weighted by atomic mass is 35.5. The van der Waals surface area contributed by atoms with Crippen LogP contribution in [0.3, 0.4) is 0 Å². The van der Waals surface area contributed by atoms with Crippen LogP contribution in [0.2, 0.25) is 0 Å². The first-order valence-corrected chi connectivity index (χ1v) is 9.72. The Morgan fingerprint density at radius 2 is 1.81 bits per heavy atom. The molecule has 1 fully saturated rings. The van der Waals surface area contributed by atoms with Crippen molar-refractivity contribution < 1.29 is 32.0 Å². The number of amides is 1. The Bertz CT molecular complexity index is 986. The molecule has 2 aromatic carbocycles. The molecule has 0 aromatic heterocycles. The van der Waals surface area contributed by atoms with Gasteiger partial charge >= 0.3 is 12.1 Å². The van der Waals surface area contributed by atoms with Crippen LogP contribution in [0, 0.1) is 11.7 Å². The number of nitrogens with two attached hydrogens (primary N) is 1. The smallest absolute Gasteiger partial charge is 0.369 e. The Kier molecular flexibility index (Phi) is 6.50. The average Bonchev–Trinajstić information content (AvgIpc) is 3.27. The maximum Gasteiger partial charge on any atom is 0.419 e. The second-order valence-electron chi connectivity index (χ2n) is 7.05. The average molecular weight is 479 g/mol. The highest BCUT2D eigenvalue weighted by Crippen LogP contribution is 2.65. The van der Waals surface area contributed by atoms with Crippen LogP contribution < -0.4 is 11.2 Å². The molecule has 0 unspecified atom stereocenters. The molecular formula is C20H16Cl2F4N2O3. The highest BCUT2D eigenvalue weighted by molar-refractivity contribution is 6.53. The quantitative estimate of drug-likeness (QED) is 0.359. The number of primary amides is 1. The SMILES string of the molecule is NC(=O)[C@@H](Cc1ccccc1)NOC(=O)[C@H]1[C@H](c2ccc(F)c(C(F)(F)F)c2)C1(Cl)Cl. The minimum absolute atomic E-state index is 0.0728. The minimum atomic E-state index is -4.93. The minimum Gasteiger partial charge on any atom is -0.369 e.